The van der Waals surface area contributed by atoms with Crippen molar-refractivity contribution >= 4 is 0 Å². The van der Waals surface area contributed by atoms with Crippen LogP contribution in [0.2, 0.25) is 0 Å². The van der Waals surface area contributed by atoms with Gasteiger partial charge in [0, 0.05) is 24.9 Å². The quantitative estimate of drug-likeness (QED) is 0.823. The third-order valence-corrected chi connectivity index (χ3v) is 4.80. The van der Waals surface area contributed by atoms with E-state index in [1.54, 1.807) is 0 Å². The van der Waals surface area contributed by atoms with Crippen LogP contribution in [0.15, 0.2) is 9.05 Å². The Hall–Kier alpha value is -1.80. The topological polar surface area (TPSA) is 90.3 Å². The third-order valence-electron chi connectivity index (χ3n) is 4.80. The molecular weight excluding hydrogens is 310 g/mol. The lowest BCUT2D eigenvalue weighted by molar-refractivity contribution is -0.0947. The number of morpholine rings is 1. The summed E-state index contributed by atoms with van der Waals surface area (Å²) in [6, 6.07) is 0. The van der Waals surface area contributed by atoms with E-state index < -0.39 is 0 Å². The van der Waals surface area contributed by atoms with Crippen molar-refractivity contribution in [2.75, 3.05) is 13.1 Å². The average molecular weight is 331 g/mol. The molecule has 128 valence electrons. The van der Waals surface area contributed by atoms with Crippen molar-refractivity contribution in [1.82, 2.24) is 25.2 Å². The van der Waals surface area contributed by atoms with E-state index >= 15 is 0 Å². The molecular formula is C16H21N5O3. The molecule has 3 heterocycles. The summed E-state index contributed by atoms with van der Waals surface area (Å²) in [4.78, 5) is 11.3. The second-order valence-electron chi connectivity index (χ2n) is 7.22. The van der Waals surface area contributed by atoms with Gasteiger partial charge >= 0.3 is 0 Å². The lowest BCUT2D eigenvalue weighted by Crippen LogP contribution is -2.42. The van der Waals surface area contributed by atoms with E-state index in [0.29, 0.717) is 36.7 Å². The Morgan fingerprint density at radius 2 is 1.67 bits per heavy atom. The number of nitrogens with zero attached hydrogens (tertiary/aromatic N) is 5. The predicted molar refractivity (Wildman–Crippen MR) is 81.1 cm³/mol. The van der Waals surface area contributed by atoms with Crippen molar-refractivity contribution in [3.63, 3.8) is 0 Å². The lowest BCUT2D eigenvalue weighted by atomic mass is 10.2. The maximum Gasteiger partial charge on any atom is 0.257 e. The molecule has 0 radical (unpaired) electrons. The number of hydrogen-bond donors (Lipinski definition) is 0. The molecule has 8 heteroatoms. The Bertz CT molecular complexity index is 721. The number of ether oxygens (including phenoxy) is 1. The van der Waals surface area contributed by atoms with Crippen LogP contribution in [0.3, 0.4) is 0 Å². The number of aromatic nitrogens is 4. The monoisotopic (exact) mass is 331 g/mol. The fourth-order valence-corrected chi connectivity index (χ4v) is 3.22. The molecule has 0 N–H and O–H groups in total. The van der Waals surface area contributed by atoms with Gasteiger partial charge < -0.3 is 13.8 Å². The highest BCUT2D eigenvalue weighted by Crippen LogP contribution is 2.39. The molecule has 8 nitrogen and oxygen atoms in total. The Labute approximate surface area is 139 Å². The molecule has 5 rings (SSSR count). The second-order valence-corrected chi connectivity index (χ2v) is 7.22. The van der Waals surface area contributed by atoms with Gasteiger partial charge in [-0.1, -0.05) is 10.3 Å². The highest BCUT2D eigenvalue weighted by molar-refractivity contribution is 5.05. The van der Waals surface area contributed by atoms with Gasteiger partial charge in [-0.15, -0.1) is 0 Å². The number of hydrogen-bond acceptors (Lipinski definition) is 8. The van der Waals surface area contributed by atoms with E-state index in [4.69, 9.17) is 13.8 Å². The zero-order valence-electron chi connectivity index (χ0n) is 13.7. The molecule has 1 saturated heterocycles. The standard InChI is InChI=1S/C16H21N5O3/c1-9-6-21(8-13-17-14(19-23-13)10-2-3-10)7-12(22-9)16-18-15(20-24-16)11-4-5-11/h9-12H,2-8H2,1H3/t9-,12-/m1/s1. The summed E-state index contributed by atoms with van der Waals surface area (Å²) in [5.41, 5.74) is 0. The largest absolute Gasteiger partial charge is 0.363 e. The van der Waals surface area contributed by atoms with E-state index in [-0.39, 0.29) is 12.2 Å². The van der Waals surface area contributed by atoms with E-state index in [1.165, 1.54) is 12.8 Å². The molecule has 2 aliphatic carbocycles. The Morgan fingerprint density at radius 1 is 0.958 bits per heavy atom. The zero-order valence-corrected chi connectivity index (χ0v) is 13.7. The Kier molecular flexibility index (Phi) is 3.41. The van der Waals surface area contributed by atoms with E-state index in [9.17, 15) is 0 Å². The molecule has 0 amide bonds. The van der Waals surface area contributed by atoms with Crippen LogP contribution in [-0.2, 0) is 11.3 Å². The van der Waals surface area contributed by atoms with Crippen molar-refractivity contribution in [3.8, 4) is 0 Å². The van der Waals surface area contributed by atoms with Gasteiger partial charge in [-0.3, -0.25) is 4.90 Å². The molecule has 3 fully saturated rings. The predicted octanol–water partition coefficient (Wildman–Crippen LogP) is 2.17. The first kappa shape index (κ1) is 14.5. The molecule has 2 aromatic heterocycles. The fraction of sp³-hybridized carbons (Fsp3) is 0.750. The summed E-state index contributed by atoms with van der Waals surface area (Å²) >= 11 is 0. The van der Waals surface area contributed by atoms with Crippen molar-refractivity contribution in [1.29, 1.82) is 0 Å². The van der Waals surface area contributed by atoms with Crippen LogP contribution < -0.4 is 0 Å². The molecule has 24 heavy (non-hydrogen) atoms. The Balaban J connectivity index is 1.27. The normalized spacial score (nSPS) is 28.4. The van der Waals surface area contributed by atoms with Crippen LogP contribution >= 0.6 is 0 Å². The first-order valence-electron chi connectivity index (χ1n) is 8.78. The van der Waals surface area contributed by atoms with Crippen LogP contribution in [0, 0.1) is 0 Å². The lowest BCUT2D eigenvalue weighted by Gasteiger charge is -2.34. The fourth-order valence-electron chi connectivity index (χ4n) is 3.22. The summed E-state index contributed by atoms with van der Waals surface area (Å²) < 4.78 is 16.8. The molecule has 2 aromatic rings. The van der Waals surface area contributed by atoms with Gasteiger partial charge in [-0.25, -0.2) is 0 Å². The highest BCUT2D eigenvalue weighted by Gasteiger charge is 2.35. The van der Waals surface area contributed by atoms with Crippen LogP contribution in [0.5, 0.6) is 0 Å². The van der Waals surface area contributed by atoms with Gasteiger partial charge in [-0.2, -0.15) is 9.97 Å². The molecule has 1 aliphatic heterocycles. The first-order chi connectivity index (χ1) is 11.7. The minimum absolute atomic E-state index is 0.0887. The average Bonchev–Trinajstić information content (AvgIpc) is 3.50. The van der Waals surface area contributed by atoms with E-state index in [2.05, 4.69) is 32.1 Å². The minimum atomic E-state index is -0.195. The smallest absolute Gasteiger partial charge is 0.257 e. The van der Waals surface area contributed by atoms with E-state index in [0.717, 1.165) is 31.0 Å². The number of rotatable bonds is 5. The minimum Gasteiger partial charge on any atom is -0.363 e. The second kappa shape index (κ2) is 5.63. The van der Waals surface area contributed by atoms with Gasteiger partial charge in [0.25, 0.3) is 5.89 Å². The van der Waals surface area contributed by atoms with Crippen LogP contribution in [0.25, 0.3) is 0 Å². The van der Waals surface area contributed by atoms with Crippen LogP contribution in [0.4, 0.5) is 0 Å². The molecule has 0 aromatic carbocycles. The highest BCUT2D eigenvalue weighted by atomic mass is 16.5. The summed E-state index contributed by atoms with van der Waals surface area (Å²) in [5.74, 6) is 3.93. The summed E-state index contributed by atoms with van der Waals surface area (Å²) in [6.07, 6.45) is 4.57. The summed E-state index contributed by atoms with van der Waals surface area (Å²) in [6.45, 7) is 4.20. The van der Waals surface area contributed by atoms with Gasteiger partial charge in [0.15, 0.2) is 11.6 Å². The summed E-state index contributed by atoms with van der Waals surface area (Å²) in [7, 11) is 0. The Morgan fingerprint density at radius 3 is 2.42 bits per heavy atom. The van der Waals surface area contributed by atoms with Gasteiger partial charge in [0.1, 0.15) is 6.10 Å². The van der Waals surface area contributed by atoms with Gasteiger partial charge in [0.05, 0.1) is 12.6 Å². The van der Waals surface area contributed by atoms with Gasteiger partial charge in [0.2, 0.25) is 5.89 Å². The molecule has 0 bridgehead atoms. The zero-order chi connectivity index (χ0) is 16.1. The molecule has 0 spiro atoms. The SMILES string of the molecule is C[C@@H]1CN(Cc2nc(C3CC3)no2)C[C@H](c2nc(C3CC3)no2)O1. The van der Waals surface area contributed by atoms with Gasteiger partial charge in [-0.05, 0) is 32.6 Å². The van der Waals surface area contributed by atoms with Crippen molar-refractivity contribution in [2.24, 2.45) is 0 Å². The van der Waals surface area contributed by atoms with Crippen molar-refractivity contribution in [3.05, 3.63) is 23.4 Å². The third kappa shape index (κ3) is 2.95. The van der Waals surface area contributed by atoms with Crippen molar-refractivity contribution in [2.45, 2.75) is 63.2 Å². The molecule has 2 atom stereocenters. The maximum atomic E-state index is 6.00. The van der Waals surface area contributed by atoms with Crippen LogP contribution in [-0.4, -0.2) is 44.4 Å². The first-order valence-corrected chi connectivity index (χ1v) is 8.78. The maximum absolute atomic E-state index is 6.00. The molecule has 0 unspecified atom stereocenters. The van der Waals surface area contributed by atoms with Crippen LogP contribution in [0.1, 0.15) is 74.0 Å². The van der Waals surface area contributed by atoms with Crippen molar-refractivity contribution < 1.29 is 13.8 Å². The van der Waals surface area contributed by atoms with E-state index in [1.807, 2.05) is 0 Å². The molecule has 3 aliphatic rings. The molecule has 2 saturated carbocycles. The summed E-state index contributed by atoms with van der Waals surface area (Å²) in [5, 5.41) is 8.18.